The average molecular weight is 531 g/mol. The van der Waals surface area contributed by atoms with Crippen molar-refractivity contribution in [1.82, 2.24) is 4.90 Å². The van der Waals surface area contributed by atoms with Crippen LogP contribution >= 0.6 is 0 Å². The van der Waals surface area contributed by atoms with E-state index in [2.05, 4.69) is 17.0 Å². The Morgan fingerprint density at radius 3 is 2.49 bits per heavy atom. The summed E-state index contributed by atoms with van der Waals surface area (Å²) >= 11 is 0. The van der Waals surface area contributed by atoms with E-state index in [9.17, 15) is 34.2 Å². The molecule has 6 rings (SSSR count). The maximum atomic E-state index is 13.8. The first-order valence-electron chi connectivity index (χ1n) is 13.4. The molecule has 1 aliphatic heterocycles. The molecule has 2 unspecified atom stereocenters. The second kappa shape index (κ2) is 9.20. The number of phenols is 1. The van der Waals surface area contributed by atoms with E-state index in [0.717, 1.165) is 36.3 Å². The summed E-state index contributed by atoms with van der Waals surface area (Å²) in [6, 6.07) is 11.2. The van der Waals surface area contributed by atoms with Gasteiger partial charge < -0.3 is 15.9 Å². The van der Waals surface area contributed by atoms with E-state index in [-0.39, 0.29) is 30.6 Å². The Bertz CT molecular complexity index is 1440. The minimum absolute atomic E-state index is 0.0138. The van der Waals surface area contributed by atoms with Gasteiger partial charge >= 0.3 is 0 Å². The van der Waals surface area contributed by atoms with Crippen molar-refractivity contribution in [3.8, 4) is 16.9 Å². The number of nitrogens with zero attached hydrogens (tertiary/aromatic N) is 1. The van der Waals surface area contributed by atoms with Gasteiger partial charge in [-0.25, -0.2) is 0 Å². The standard InChI is InChI=1S/C30H30N2O7/c31-29(38)25-22(34)13-18-11-17-12-20-19(16-5-3-4-15(10-16)14-32-8-1-2-9-32)6-7-21(33)24(20)26(35)23(17)27(36)30(18,39)28(25)37/h3-7,10,17-18,23,25,33,39H,1-2,8-9,11-14H2,(H2,31,38)/t17-,18+,23?,25?,30+/m1/s1. The highest BCUT2D eigenvalue weighted by Gasteiger charge is 2.66. The molecule has 9 nitrogen and oxygen atoms in total. The minimum atomic E-state index is -2.64. The topological polar surface area (TPSA) is 155 Å². The summed E-state index contributed by atoms with van der Waals surface area (Å²) < 4.78 is 0. The summed E-state index contributed by atoms with van der Waals surface area (Å²) in [6.07, 6.45) is 2.35. The van der Waals surface area contributed by atoms with E-state index in [1.807, 2.05) is 12.1 Å². The third-order valence-electron chi connectivity index (χ3n) is 9.13. The number of amides is 1. The Morgan fingerprint density at radius 2 is 1.77 bits per heavy atom. The van der Waals surface area contributed by atoms with Crippen molar-refractivity contribution in [2.45, 2.75) is 44.2 Å². The molecule has 2 aromatic carbocycles. The van der Waals surface area contributed by atoms with Crippen molar-refractivity contribution >= 4 is 29.0 Å². The van der Waals surface area contributed by atoms with E-state index in [1.165, 1.54) is 18.9 Å². The number of aliphatic hydroxyl groups is 1. The van der Waals surface area contributed by atoms with Gasteiger partial charge in [0, 0.05) is 18.9 Å². The smallest absolute Gasteiger partial charge is 0.235 e. The Morgan fingerprint density at radius 1 is 1.03 bits per heavy atom. The Balaban J connectivity index is 1.39. The van der Waals surface area contributed by atoms with Crippen LogP contribution < -0.4 is 5.73 Å². The number of rotatable bonds is 4. The van der Waals surface area contributed by atoms with Crippen molar-refractivity contribution in [1.29, 1.82) is 0 Å². The normalized spacial score (nSPS) is 30.6. The van der Waals surface area contributed by atoms with Crippen LogP contribution in [0.25, 0.3) is 11.1 Å². The zero-order valence-corrected chi connectivity index (χ0v) is 21.4. The molecule has 3 aliphatic carbocycles. The van der Waals surface area contributed by atoms with Crippen molar-refractivity contribution in [3.05, 3.63) is 53.1 Å². The van der Waals surface area contributed by atoms with Crippen LogP contribution in [0.3, 0.4) is 0 Å². The third-order valence-corrected chi connectivity index (χ3v) is 9.13. The quantitative estimate of drug-likeness (QED) is 0.504. The molecule has 5 atom stereocenters. The zero-order valence-electron chi connectivity index (χ0n) is 21.4. The van der Waals surface area contributed by atoms with Crippen molar-refractivity contribution < 1.29 is 34.2 Å². The number of likely N-dealkylation sites (tertiary alicyclic amines) is 1. The van der Waals surface area contributed by atoms with E-state index < -0.39 is 58.3 Å². The van der Waals surface area contributed by atoms with Gasteiger partial charge in [-0.15, -0.1) is 0 Å². The average Bonchev–Trinajstić information content (AvgIpc) is 3.39. The summed E-state index contributed by atoms with van der Waals surface area (Å²) in [5, 5.41) is 22.1. The molecule has 1 amide bonds. The van der Waals surface area contributed by atoms with Crippen LogP contribution in [0.4, 0.5) is 0 Å². The number of fused-ring (bicyclic) bond motifs is 3. The lowest BCUT2D eigenvalue weighted by molar-refractivity contribution is -0.175. The van der Waals surface area contributed by atoms with E-state index in [4.69, 9.17) is 5.73 Å². The van der Waals surface area contributed by atoms with Crippen LogP contribution in [0.15, 0.2) is 36.4 Å². The number of hydrogen-bond donors (Lipinski definition) is 3. The predicted octanol–water partition coefficient (Wildman–Crippen LogP) is 1.59. The second-order valence-electron chi connectivity index (χ2n) is 11.4. The first-order valence-corrected chi connectivity index (χ1v) is 13.4. The van der Waals surface area contributed by atoms with Gasteiger partial charge in [-0.05, 0) is 79.1 Å². The van der Waals surface area contributed by atoms with Gasteiger partial charge in [0.1, 0.15) is 5.75 Å². The molecule has 39 heavy (non-hydrogen) atoms. The summed E-state index contributed by atoms with van der Waals surface area (Å²) in [5.74, 6) is -10.0. The summed E-state index contributed by atoms with van der Waals surface area (Å²) in [7, 11) is 0. The second-order valence-corrected chi connectivity index (χ2v) is 11.4. The molecule has 3 fully saturated rings. The Hall–Kier alpha value is -3.69. The molecule has 1 heterocycles. The van der Waals surface area contributed by atoms with Gasteiger partial charge in [-0.2, -0.15) is 0 Å². The zero-order chi connectivity index (χ0) is 27.6. The summed E-state index contributed by atoms with van der Waals surface area (Å²) in [4.78, 5) is 67.3. The van der Waals surface area contributed by atoms with Crippen LogP contribution in [0.5, 0.6) is 5.75 Å². The van der Waals surface area contributed by atoms with Crippen LogP contribution in [0, 0.1) is 23.7 Å². The number of nitrogens with two attached hydrogens (primary N) is 1. The number of aromatic hydroxyl groups is 1. The number of primary amides is 1. The molecule has 2 aromatic rings. The molecule has 0 aromatic heterocycles. The van der Waals surface area contributed by atoms with Gasteiger partial charge in [-0.3, -0.25) is 28.9 Å². The van der Waals surface area contributed by atoms with Crippen LogP contribution in [0.1, 0.15) is 47.2 Å². The largest absolute Gasteiger partial charge is 0.507 e. The first-order chi connectivity index (χ1) is 18.6. The van der Waals surface area contributed by atoms with E-state index in [1.54, 1.807) is 6.07 Å². The monoisotopic (exact) mass is 530 g/mol. The molecule has 0 bridgehead atoms. The Kier molecular flexibility index (Phi) is 6.04. The Labute approximate surface area is 225 Å². The third kappa shape index (κ3) is 3.86. The lowest BCUT2D eigenvalue weighted by atomic mass is 9.53. The fraction of sp³-hybridized carbons (Fsp3) is 0.433. The van der Waals surface area contributed by atoms with Gasteiger partial charge in [-0.1, -0.05) is 24.3 Å². The maximum Gasteiger partial charge on any atom is 0.235 e. The number of benzene rings is 2. The summed E-state index contributed by atoms with van der Waals surface area (Å²) in [5.41, 5.74) is 6.02. The maximum absolute atomic E-state index is 13.8. The molecule has 202 valence electrons. The fourth-order valence-electron chi connectivity index (χ4n) is 7.27. The molecule has 1 saturated heterocycles. The number of phenolic OH excluding ortho intramolecular Hbond substituents is 1. The van der Waals surface area contributed by atoms with Gasteiger partial charge in [0.2, 0.25) is 5.91 Å². The first kappa shape index (κ1) is 25.6. The van der Waals surface area contributed by atoms with Gasteiger partial charge in [0.05, 0.1) is 11.5 Å². The van der Waals surface area contributed by atoms with Crippen LogP contribution in [-0.4, -0.2) is 62.8 Å². The molecular weight excluding hydrogens is 500 g/mol. The fourth-order valence-corrected chi connectivity index (χ4v) is 7.27. The number of Topliss-reactive ketones (excluding diaryl/α,β-unsaturated/α-hetero) is 4. The van der Waals surface area contributed by atoms with E-state index >= 15 is 0 Å². The number of carbonyl (C=O) groups is 5. The lowest BCUT2D eigenvalue weighted by Gasteiger charge is -2.48. The van der Waals surface area contributed by atoms with Crippen molar-refractivity contribution in [2.24, 2.45) is 29.4 Å². The lowest BCUT2D eigenvalue weighted by Crippen LogP contribution is -2.68. The van der Waals surface area contributed by atoms with Crippen LogP contribution in [-0.2, 0) is 32.1 Å². The number of hydrogen-bond acceptors (Lipinski definition) is 8. The van der Waals surface area contributed by atoms with Crippen molar-refractivity contribution in [3.63, 3.8) is 0 Å². The molecular formula is C30H30N2O7. The molecule has 0 radical (unpaired) electrons. The molecule has 4 aliphatic rings. The van der Waals surface area contributed by atoms with Gasteiger partial charge in [0.25, 0.3) is 0 Å². The highest BCUT2D eigenvalue weighted by atomic mass is 16.3. The predicted molar refractivity (Wildman–Crippen MR) is 138 cm³/mol. The molecule has 2 saturated carbocycles. The SMILES string of the molecule is NC(=O)C1C(=O)C[C@@H]2C[C@@H]3Cc4c(-c5cccc(CN6CCCC6)c5)ccc(O)c4C(=O)C3C(=O)[C@]2(O)C1=O. The van der Waals surface area contributed by atoms with E-state index in [0.29, 0.717) is 5.56 Å². The van der Waals surface area contributed by atoms with Crippen molar-refractivity contribution in [2.75, 3.05) is 13.1 Å². The highest BCUT2D eigenvalue weighted by Crippen LogP contribution is 2.51. The molecule has 4 N–H and O–H groups in total. The molecule has 0 spiro atoms. The number of carbonyl (C=O) groups excluding carboxylic acids is 5. The molecule has 9 heteroatoms. The van der Waals surface area contributed by atoms with Gasteiger partial charge in [0.15, 0.2) is 34.7 Å². The van der Waals surface area contributed by atoms with Crippen LogP contribution in [0.2, 0.25) is 0 Å². The summed E-state index contributed by atoms with van der Waals surface area (Å²) in [6.45, 7) is 2.94. The minimum Gasteiger partial charge on any atom is -0.507 e. The highest BCUT2D eigenvalue weighted by molar-refractivity contribution is 6.31. The number of ketones is 4.